The molecule has 0 heterocycles. The van der Waals surface area contributed by atoms with Crippen LogP contribution in [0, 0.1) is 0 Å². The topological polar surface area (TPSA) is 108 Å². The van der Waals surface area contributed by atoms with Crippen molar-refractivity contribution in [3.63, 3.8) is 0 Å². The lowest BCUT2D eigenvalue weighted by Gasteiger charge is -2.29. The zero-order valence-electron chi connectivity index (χ0n) is 55.2. The van der Waals surface area contributed by atoms with Crippen LogP contribution in [0.2, 0.25) is 0 Å². The van der Waals surface area contributed by atoms with Crippen LogP contribution in [-0.2, 0) is 18.4 Å². The Hall–Kier alpha value is -1.80. The Morgan fingerprint density at radius 2 is 0.720 bits per heavy atom. The minimum Gasteiger partial charge on any atom is -0.756 e. The quantitative estimate of drug-likeness (QED) is 0.0272. The number of amides is 1. The Balaban J connectivity index is 4.02. The molecule has 0 saturated heterocycles. The maximum atomic E-state index is 13.0. The summed E-state index contributed by atoms with van der Waals surface area (Å²) in [7, 11) is 1.25. The Bertz CT molecular complexity index is 1520. The van der Waals surface area contributed by atoms with Crippen molar-refractivity contribution >= 4 is 13.7 Å². The van der Waals surface area contributed by atoms with Crippen LogP contribution in [0.25, 0.3) is 0 Å². The van der Waals surface area contributed by atoms with Crippen molar-refractivity contribution in [3.8, 4) is 0 Å². The molecule has 0 radical (unpaired) electrons. The number of hydrogen-bond acceptors (Lipinski definition) is 6. The fraction of sp³-hybridized carbons (Fsp3) is 0.849. The lowest BCUT2D eigenvalue weighted by atomic mass is 10.0. The summed E-state index contributed by atoms with van der Waals surface area (Å²) in [6, 6.07) is -0.911. The average Bonchev–Trinajstić information content (AvgIpc) is 3.47. The molecular formula is C73H139N2O6P. The first kappa shape index (κ1) is 80.2. The van der Waals surface area contributed by atoms with Gasteiger partial charge in [0.2, 0.25) is 5.91 Å². The summed E-state index contributed by atoms with van der Waals surface area (Å²) in [6.45, 7) is 4.65. The number of phosphoric ester groups is 1. The van der Waals surface area contributed by atoms with Gasteiger partial charge in [-0.3, -0.25) is 9.36 Å². The molecular weight excluding hydrogens is 1030 g/mol. The molecule has 3 unspecified atom stereocenters. The number of carbonyl (C=O) groups is 1. The van der Waals surface area contributed by atoms with Crippen LogP contribution in [0.4, 0.5) is 0 Å². The van der Waals surface area contributed by atoms with E-state index in [0.717, 1.165) is 51.4 Å². The van der Waals surface area contributed by atoms with Gasteiger partial charge in [0.15, 0.2) is 0 Å². The minimum absolute atomic E-state index is 0.00849. The van der Waals surface area contributed by atoms with Gasteiger partial charge in [-0.1, -0.05) is 325 Å². The second kappa shape index (κ2) is 63.7. The number of rotatable bonds is 66. The molecule has 0 fully saturated rings. The summed E-state index contributed by atoms with van der Waals surface area (Å²) in [5, 5.41) is 13.9. The number of aliphatic hydroxyl groups excluding tert-OH is 1. The molecule has 9 heteroatoms. The molecule has 0 aromatic heterocycles. The molecule has 0 spiro atoms. The number of allylic oxidation sites excluding steroid dienone is 9. The molecule has 0 aliphatic heterocycles. The van der Waals surface area contributed by atoms with Crippen molar-refractivity contribution < 1.29 is 32.9 Å². The van der Waals surface area contributed by atoms with E-state index in [1.54, 1.807) is 6.08 Å². The molecule has 0 aromatic rings. The number of unbranched alkanes of at least 4 members (excludes halogenated alkanes) is 45. The van der Waals surface area contributed by atoms with Gasteiger partial charge in [-0.2, -0.15) is 0 Å². The van der Waals surface area contributed by atoms with Crippen molar-refractivity contribution in [3.05, 3.63) is 60.8 Å². The van der Waals surface area contributed by atoms with E-state index in [9.17, 15) is 19.4 Å². The fourth-order valence-electron chi connectivity index (χ4n) is 10.6. The predicted molar refractivity (Wildman–Crippen MR) is 357 cm³/mol. The van der Waals surface area contributed by atoms with E-state index in [0.29, 0.717) is 17.4 Å². The second-order valence-electron chi connectivity index (χ2n) is 25.6. The zero-order chi connectivity index (χ0) is 59.8. The van der Waals surface area contributed by atoms with Gasteiger partial charge in [0.1, 0.15) is 13.2 Å². The molecule has 0 aliphatic carbocycles. The molecule has 82 heavy (non-hydrogen) atoms. The largest absolute Gasteiger partial charge is 0.756 e. The van der Waals surface area contributed by atoms with E-state index < -0.39 is 26.6 Å². The van der Waals surface area contributed by atoms with Crippen LogP contribution in [0.5, 0.6) is 0 Å². The molecule has 0 saturated carbocycles. The normalized spacial score (nSPS) is 14.0. The third-order valence-electron chi connectivity index (χ3n) is 16.2. The lowest BCUT2D eigenvalue weighted by molar-refractivity contribution is -0.870. The van der Waals surface area contributed by atoms with Crippen molar-refractivity contribution in [1.29, 1.82) is 0 Å². The zero-order valence-corrected chi connectivity index (χ0v) is 56.1. The fourth-order valence-corrected chi connectivity index (χ4v) is 11.4. The molecule has 8 nitrogen and oxygen atoms in total. The van der Waals surface area contributed by atoms with Crippen molar-refractivity contribution in [2.24, 2.45) is 0 Å². The van der Waals surface area contributed by atoms with Crippen LogP contribution >= 0.6 is 7.82 Å². The smallest absolute Gasteiger partial charge is 0.268 e. The van der Waals surface area contributed by atoms with Crippen molar-refractivity contribution in [2.45, 2.75) is 360 Å². The van der Waals surface area contributed by atoms with Crippen LogP contribution < -0.4 is 10.2 Å². The second-order valence-corrected chi connectivity index (χ2v) is 27.0. The predicted octanol–water partition coefficient (Wildman–Crippen LogP) is 22.1. The van der Waals surface area contributed by atoms with Gasteiger partial charge in [-0.15, -0.1) is 0 Å². The Labute approximate surface area is 511 Å². The van der Waals surface area contributed by atoms with Crippen LogP contribution in [0.3, 0.4) is 0 Å². The molecule has 1 amide bonds. The summed E-state index contributed by atoms with van der Waals surface area (Å²) in [4.78, 5) is 25.6. The van der Waals surface area contributed by atoms with Gasteiger partial charge < -0.3 is 28.8 Å². The minimum atomic E-state index is -4.62. The van der Waals surface area contributed by atoms with Gasteiger partial charge in [-0.05, 0) is 77.0 Å². The summed E-state index contributed by atoms with van der Waals surface area (Å²) in [5.74, 6) is -0.205. The highest BCUT2D eigenvalue weighted by Gasteiger charge is 2.23. The molecule has 0 rings (SSSR count). The number of likely N-dealkylation sites (N-methyl/N-ethyl adjacent to an activating group) is 1. The third kappa shape index (κ3) is 65.7. The maximum absolute atomic E-state index is 13.0. The summed E-state index contributed by atoms with van der Waals surface area (Å²) in [5.41, 5.74) is 0. The summed E-state index contributed by atoms with van der Waals surface area (Å²) < 4.78 is 23.4. The first-order chi connectivity index (χ1) is 40.0. The molecule has 482 valence electrons. The van der Waals surface area contributed by atoms with E-state index in [1.165, 1.54) is 276 Å². The summed E-state index contributed by atoms with van der Waals surface area (Å²) in [6.07, 6.45) is 87.9. The summed E-state index contributed by atoms with van der Waals surface area (Å²) >= 11 is 0. The van der Waals surface area contributed by atoms with Crippen LogP contribution in [0.15, 0.2) is 60.8 Å². The monoisotopic (exact) mass is 1170 g/mol. The number of nitrogens with zero attached hydrogens (tertiary/aromatic N) is 1. The molecule has 0 aliphatic rings. The molecule has 0 aromatic carbocycles. The van der Waals surface area contributed by atoms with E-state index in [2.05, 4.69) is 67.8 Å². The number of quaternary nitrogens is 1. The number of phosphoric acid groups is 1. The number of hydrogen-bond donors (Lipinski definition) is 2. The van der Waals surface area contributed by atoms with Gasteiger partial charge in [-0.25, -0.2) is 0 Å². The van der Waals surface area contributed by atoms with Crippen LogP contribution in [-0.4, -0.2) is 68.5 Å². The highest BCUT2D eigenvalue weighted by molar-refractivity contribution is 7.45. The van der Waals surface area contributed by atoms with Gasteiger partial charge in [0.05, 0.1) is 39.9 Å². The highest BCUT2D eigenvalue weighted by Crippen LogP contribution is 2.38. The lowest BCUT2D eigenvalue weighted by Crippen LogP contribution is -2.45. The standard InChI is InChI=1S/C73H139N2O6P/c1-6-8-10-12-14-16-18-20-22-24-26-28-30-31-32-33-34-35-36-37-38-39-40-41-42-43-45-47-49-51-53-55-57-59-61-63-65-67-73(77)74-71(70-81-82(78,79)80-69-68-75(3,4)5)72(76)66-64-62-60-58-56-54-52-50-48-46-44-29-27-25-23-21-19-17-15-13-11-9-7-2/h18,20,24,26,48,50,56,58,64,66,71-72,76H,6-17,19,21-23,25,27-47,49,51-55,57,59-63,65,67-70H2,1-5H3,(H-,74,77,78,79)/b20-18-,26-24-,50-48+,58-56+,66-64+. The van der Waals surface area contributed by atoms with Gasteiger partial charge in [0.25, 0.3) is 7.82 Å². The number of nitrogens with one attached hydrogen (secondary N) is 1. The highest BCUT2D eigenvalue weighted by atomic mass is 31.2. The average molecular weight is 1170 g/mol. The van der Waals surface area contributed by atoms with Crippen LogP contribution in [0.1, 0.15) is 348 Å². The Morgan fingerprint density at radius 3 is 1.06 bits per heavy atom. The Morgan fingerprint density at radius 1 is 0.427 bits per heavy atom. The maximum Gasteiger partial charge on any atom is 0.268 e. The number of aliphatic hydroxyl groups is 1. The molecule has 2 N–H and O–H groups in total. The van der Waals surface area contributed by atoms with E-state index in [1.807, 2.05) is 27.2 Å². The first-order valence-electron chi connectivity index (χ1n) is 35.7. The van der Waals surface area contributed by atoms with E-state index in [-0.39, 0.29) is 12.5 Å². The first-order valence-corrected chi connectivity index (χ1v) is 37.1. The Kier molecular flexibility index (Phi) is 62.3. The van der Waals surface area contributed by atoms with Crippen molar-refractivity contribution in [2.75, 3.05) is 40.9 Å². The van der Waals surface area contributed by atoms with E-state index in [4.69, 9.17) is 9.05 Å². The number of carbonyl (C=O) groups excluding carboxylic acids is 1. The van der Waals surface area contributed by atoms with Gasteiger partial charge >= 0.3 is 0 Å². The van der Waals surface area contributed by atoms with E-state index >= 15 is 0 Å². The molecule has 0 bridgehead atoms. The SMILES string of the molecule is CCCCCCC/C=C\C/C=C\CCCCCCCCCCCCCCCCCCCCCCCCCCCC(=O)NC(COP(=O)([O-])OCC[N+](C)(C)C)C(O)/C=C/CC/C=C/CC/C=C/CCCCCCCCCCCCCCC. The van der Waals surface area contributed by atoms with Crippen molar-refractivity contribution in [1.82, 2.24) is 5.32 Å². The molecule has 3 atom stereocenters. The third-order valence-corrected chi connectivity index (χ3v) is 17.1. The van der Waals surface area contributed by atoms with Gasteiger partial charge in [0, 0.05) is 6.42 Å².